The molecule has 14 nitrogen and oxygen atoms in total. The van der Waals surface area contributed by atoms with E-state index in [0.29, 0.717) is 25.1 Å². The van der Waals surface area contributed by atoms with E-state index in [1.54, 1.807) is 6.20 Å². The minimum Gasteiger partial charge on any atom is -0.480 e. The number of H-pyrrole nitrogens is 2. The van der Waals surface area contributed by atoms with Crippen molar-refractivity contribution in [1.82, 2.24) is 30.5 Å². The van der Waals surface area contributed by atoms with Gasteiger partial charge >= 0.3 is 5.97 Å². The third kappa shape index (κ3) is 7.28. The molecule has 3 aromatic rings. The summed E-state index contributed by atoms with van der Waals surface area (Å²) in [5, 5.41) is 15.9. The van der Waals surface area contributed by atoms with Crippen molar-refractivity contribution in [2.24, 2.45) is 11.5 Å². The summed E-state index contributed by atoms with van der Waals surface area (Å²) in [5.41, 5.74) is 13.2. The van der Waals surface area contributed by atoms with Crippen molar-refractivity contribution in [2.75, 3.05) is 6.54 Å². The third-order valence-corrected chi connectivity index (χ3v) is 7.18. The van der Waals surface area contributed by atoms with Gasteiger partial charge in [0.05, 0.1) is 12.4 Å². The number of para-hydroxylation sites is 1. The molecule has 9 N–H and O–H groups in total. The standard InChI is InChI=1S/C27H34N8O6/c28-18(7-8-23(29)36)26(39)35-9-3-6-22(35)25(38)33-20(10-15-12-31-19-5-2-1-4-17(15)19)24(37)34-21(27(40)41)11-16-13-30-14-32-16/h1-2,4-5,12-14,18,20-22,31H,3,6-11,28H2,(H2,29,36)(H,30,32)(H,33,38)(H,34,37)(H,40,41). The number of aromatic nitrogens is 3. The zero-order valence-electron chi connectivity index (χ0n) is 22.3. The number of aliphatic carboxylic acids is 1. The molecule has 1 aromatic carbocycles. The lowest BCUT2D eigenvalue weighted by atomic mass is 10.0. The van der Waals surface area contributed by atoms with E-state index in [1.807, 2.05) is 24.3 Å². The molecule has 0 radical (unpaired) electrons. The first-order chi connectivity index (χ1) is 19.6. The number of carboxylic acid groups (broad SMARTS) is 1. The maximum atomic E-state index is 13.5. The van der Waals surface area contributed by atoms with Crippen LogP contribution in [0.2, 0.25) is 0 Å². The SMILES string of the molecule is NC(=O)CCC(N)C(=O)N1CCCC1C(=O)NC(Cc1c[nH]c2ccccc12)C(=O)NC(Cc1cnc[nH]1)C(=O)O. The van der Waals surface area contributed by atoms with Crippen LogP contribution in [0.25, 0.3) is 10.9 Å². The number of benzene rings is 1. The quantitative estimate of drug-likeness (QED) is 0.140. The minimum atomic E-state index is -1.28. The molecule has 218 valence electrons. The number of fused-ring (bicyclic) bond motifs is 1. The van der Waals surface area contributed by atoms with Crippen LogP contribution in [0.4, 0.5) is 0 Å². The molecule has 41 heavy (non-hydrogen) atoms. The zero-order chi connectivity index (χ0) is 29.5. The number of nitrogens with one attached hydrogen (secondary N) is 4. The molecule has 4 atom stereocenters. The monoisotopic (exact) mass is 566 g/mol. The van der Waals surface area contributed by atoms with Crippen LogP contribution in [0.5, 0.6) is 0 Å². The Hall–Kier alpha value is -4.72. The van der Waals surface area contributed by atoms with Gasteiger partial charge in [-0.15, -0.1) is 0 Å². The fraction of sp³-hybridized carbons (Fsp3) is 0.407. The molecule has 1 aliphatic rings. The summed E-state index contributed by atoms with van der Waals surface area (Å²) in [4.78, 5) is 74.2. The smallest absolute Gasteiger partial charge is 0.326 e. The van der Waals surface area contributed by atoms with Crippen LogP contribution in [-0.2, 0) is 36.8 Å². The van der Waals surface area contributed by atoms with Crippen molar-refractivity contribution in [3.63, 3.8) is 0 Å². The van der Waals surface area contributed by atoms with Gasteiger partial charge in [0, 0.05) is 54.8 Å². The van der Waals surface area contributed by atoms with E-state index in [1.165, 1.54) is 17.4 Å². The summed E-state index contributed by atoms with van der Waals surface area (Å²) >= 11 is 0. The number of nitrogens with two attached hydrogens (primary N) is 2. The molecule has 3 heterocycles. The van der Waals surface area contributed by atoms with Crippen LogP contribution in [0.3, 0.4) is 0 Å². The highest BCUT2D eigenvalue weighted by molar-refractivity contribution is 5.95. The van der Waals surface area contributed by atoms with Crippen molar-refractivity contribution in [1.29, 1.82) is 0 Å². The van der Waals surface area contributed by atoms with E-state index in [9.17, 15) is 29.1 Å². The second-order valence-electron chi connectivity index (χ2n) is 10.1. The van der Waals surface area contributed by atoms with E-state index in [0.717, 1.165) is 16.5 Å². The van der Waals surface area contributed by atoms with Crippen molar-refractivity contribution in [2.45, 2.75) is 62.7 Å². The number of carbonyl (C=O) groups is 5. The van der Waals surface area contributed by atoms with Gasteiger partial charge < -0.3 is 42.1 Å². The molecule has 2 aromatic heterocycles. The zero-order valence-corrected chi connectivity index (χ0v) is 22.3. The molecular weight excluding hydrogens is 532 g/mol. The fourth-order valence-corrected chi connectivity index (χ4v) is 5.02. The van der Waals surface area contributed by atoms with E-state index >= 15 is 0 Å². The Bertz CT molecular complexity index is 1400. The summed E-state index contributed by atoms with van der Waals surface area (Å²) in [6.45, 7) is 0.297. The van der Waals surface area contributed by atoms with Gasteiger partial charge in [0.1, 0.15) is 18.1 Å². The molecule has 4 rings (SSSR count). The number of amides is 4. The van der Waals surface area contributed by atoms with Crippen LogP contribution >= 0.6 is 0 Å². The van der Waals surface area contributed by atoms with Gasteiger partial charge in [-0.2, -0.15) is 0 Å². The number of primary amides is 1. The highest BCUT2D eigenvalue weighted by Gasteiger charge is 2.38. The molecule has 0 bridgehead atoms. The molecule has 14 heteroatoms. The topological polar surface area (TPSA) is 229 Å². The lowest BCUT2D eigenvalue weighted by Gasteiger charge is -2.28. The molecule has 1 saturated heterocycles. The second-order valence-corrected chi connectivity index (χ2v) is 10.1. The summed E-state index contributed by atoms with van der Waals surface area (Å²) < 4.78 is 0. The normalized spacial score (nSPS) is 17.1. The first-order valence-corrected chi connectivity index (χ1v) is 13.3. The number of rotatable bonds is 13. The van der Waals surface area contributed by atoms with Gasteiger partial charge in [-0.25, -0.2) is 9.78 Å². The van der Waals surface area contributed by atoms with Gasteiger partial charge in [0.15, 0.2) is 0 Å². The number of nitrogens with zero attached hydrogens (tertiary/aromatic N) is 2. The van der Waals surface area contributed by atoms with E-state index < -0.39 is 53.8 Å². The molecular formula is C27H34N8O6. The van der Waals surface area contributed by atoms with E-state index in [4.69, 9.17) is 11.5 Å². The largest absolute Gasteiger partial charge is 0.480 e. The molecule has 0 saturated carbocycles. The summed E-state index contributed by atoms with van der Waals surface area (Å²) in [5.74, 6) is -3.56. The second kappa shape index (κ2) is 13.1. The Labute approximate surface area is 235 Å². The minimum absolute atomic E-state index is 0.0388. The molecule has 4 unspecified atom stereocenters. The van der Waals surface area contributed by atoms with Gasteiger partial charge in [-0.1, -0.05) is 18.2 Å². The number of hydrogen-bond donors (Lipinski definition) is 7. The van der Waals surface area contributed by atoms with E-state index in [2.05, 4.69) is 25.6 Å². The first kappa shape index (κ1) is 29.3. The van der Waals surface area contributed by atoms with E-state index in [-0.39, 0.29) is 25.7 Å². The number of hydrogen-bond acceptors (Lipinski definition) is 7. The first-order valence-electron chi connectivity index (χ1n) is 13.3. The molecule has 0 aliphatic carbocycles. The van der Waals surface area contributed by atoms with Crippen molar-refractivity contribution < 1.29 is 29.1 Å². The molecule has 1 aliphatic heterocycles. The number of likely N-dealkylation sites (tertiary alicyclic amines) is 1. The van der Waals surface area contributed by atoms with Gasteiger partial charge in [-0.3, -0.25) is 19.2 Å². The highest BCUT2D eigenvalue weighted by Crippen LogP contribution is 2.22. The van der Waals surface area contributed by atoms with Crippen LogP contribution in [0.15, 0.2) is 43.0 Å². The maximum absolute atomic E-state index is 13.5. The Balaban J connectivity index is 1.53. The Morgan fingerprint density at radius 2 is 1.88 bits per heavy atom. The Morgan fingerprint density at radius 3 is 2.59 bits per heavy atom. The molecule has 1 fully saturated rings. The van der Waals surface area contributed by atoms with Crippen LogP contribution < -0.4 is 22.1 Å². The number of carboxylic acids is 1. The number of carbonyl (C=O) groups excluding carboxylic acids is 4. The highest BCUT2D eigenvalue weighted by atomic mass is 16.4. The third-order valence-electron chi connectivity index (χ3n) is 7.18. The maximum Gasteiger partial charge on any atom is 0.326 e. The summed E-state index contributed by atoms with van der Waals surface area (Å²) in [7, 11) is 0. The number of imidazole rings is 1. The lowest BCUT2D eigenvalue weighted by molar-refractivity contribution is -0.143. The molecule has 4 amide bonds. The molecule has 0 spiro atoms. The fourth-order valence-electron chi connectivity index (χ4n) is 5.02. The van der Waals surface area contributed by atoms with Crippen LogP contribution in [-0.4, -0.2) is 85.3 Å². The Morgan fingerprint density at radius 1 is 1.10 bits per heavy atom. The summed E-state index contributed by atoms with van der Waals surface area (Å²) in [6, 6.07) is 3.16. The Kier molecular flexibility index (Phi) is 9.34. The van der Waals surface area contributed by atoms with Gasteiger partial charge in [0.2, 0.25) is 23.6 Å². The predicted octanol–water partition coefficient (Wildman–Crippen LogP) is -0.686. The predicted molar refractivity (Wildman–Crippen MR) is 147 cm³/mol. The van der Waals surface area contributed by atoms with Crippen LogP contribution in [0.1, 0.15) is 36.9 Å². The van der Waals surface area contributed by atoms with Gasteiger partial charge in [-0.05, 0) is 30.9 Å². The van der Waals surface area contributed by atoms with Crippen molar-refractivity contribution in [3.05, 3.63) is 54.2 Å². The van der Waals surface area contributed by atoms with Gasteiger partial charge in [0.25, 0.3) is 0 Å². The number of aromatic amines is 2. The average molecular weight is 567 g/mol. The average Bonchev–Trinajstić information content (AvgIpc) is 3.72. The van der Waals surface area contributed by atoms with Crippen LogP contribution in [0, 0.1) is 0 Å². The van der Waals surface area contributed by atoms with Crippen molar-refractivity contribution >= 4 is 40.5 Å². The van der Waals surface area contributed by atoms with Crippen molar-refractivity contribution in [3.8, 4) is 0 Å². The summed E-state index contributed by atoms with van der Waals surface area (Å²) in [6.07, 6.45) is 5.54. The lowest BCUT2D eigenvalue weighted by Crippen LogP contribution is -2.57.